The van der Waals surface area contributed by atoms with E-state index in [1.54, 1.807) is 18.4 Å². The smallest absolute Gasteiger partial charge is 0.143 e. The van der Waals surface area contributed by atoms with E-state index in [2.05, 4.69) is 41.7 Å². The van der Waals surface area contributed by atoms with Crippen molar-refractivity contribution in [2.45, 2.75) is 20.8 Å². The molecule has 0 spiro atoms. The molecule has 0 aliphatic rings. The second-order valence-electron chi connectivity index (χ2n) is 7.53. The van der Waals surface area contributed by atoms with Crippen molar-refractivity contribution in [2.75, 3.05) is 19.0 Å². The highest BCUT2D eigenvalue weighted by atomic mass is 32.1. The molecule has 0 saturated carbocycles. The summed E-state index contributed by atoms with van der Waals surface area (Å²) in [7, 11) is 1.67. The van der Waals surface area contributed by atoms with Gasteiger partial charge in [-0.3, -0.25) is 0 Å². The molecule has 0 amide bonds. The lowest BCUT2D eigenvalue weighted by Gasteiger charge is -2.12. The number of nitrogens with one attached hydrogen (secondary N) is 1. The number of methoxy groups -OCH3 is 1. The second kappa shape index (κ2) is 8.71. The van der Waals surface area contributed by atoms with Gasteiger partial charge in [0.2, 0.25) is 0 Å². The van der Waals surface area contributed by atoms with E-state index in [9.17, 15) is 0 Å². The lowest BCUT2D eigenvalue weighted by Crippen LogP contribution is -2.04. The summed E-state index contributed by atoms with van der Waals surface area (Å²) in [4.78, 5) is 10.3. The number of fused-ring (bicyclic) bond motifs is 1. The fraction of sp³-hybridized carbons (Fsp3) is 0.250. The van der Waals surface area contributed by atoms with Gasteiger partial charge in [-0.2, -0.15) is 0 Å². The summed E-state index contributed by atoms with van der Waals surface area (Å²) in [5, 5.41) is 6.63. The van der Waals surface area contributed by atoms with Gasteiger partial charge in [0.05, 0.1) is 19.1 Å². The first kappa shape index (κ1) is 20.2. The first-order chi connectivity index (χ1) is 14.5. The first-order valence-corrected chi connectivity index (χ1v) is 10.8. The van der Waals surface area contributed by atoms with Crippen LogP contribution in [0.1, 0.15) is 19.7 Å². The number of hydrogen-bond acceptors (Lipinski definition) is 6. The Kier molecular flexibility index (Phi) is 5.86. The van der Waals surface area contributed by atoms with E-state index in [4.69, 9.17) is 14.5 Å². The fourth-order valence-electron chi connectivity index (χ4n) is 3.16. The van der Waals surface area contributed by atoms with Gasteiger partial charge in [0, 0.05) is 16.6 Å². The Morgan fingerprint density at radius 1 is 0.967 bits per heavy atom. The molecular weight excluding hydrogens is 394 g/mol. The van der Waals surface area contributed by atoms with Crippen molar-refractivity contribution in [3.05, 3.63) is 59.7 Å². The molecule has 0 unspecified atom stereocenters. The van der Waals surface area contributed by atoms with Gasteiger partial charge < -0.3 is 14.8 Å². The highest BCUT2D eigenvalue weighted by Gasteiger charge is 2.15. The van der Waals surface area contributed by atoms with Gasteiger partial charge in [-0.1, -0.05) is 26.0 Å². The van der Waals surface area contributed by atoms with Crippen molar-refractivity contribution in [1.82, 2.24) is 9.97 Å². The fourth-order valence-corrected chi connectivity index (χ4v) is 4.15. The van der Waals surface area contributed by atoms with Gasteiger partial charge >= 0.3 is 0 Å². The maximum Gasteiger partial charge on any atom is 0.143 e. The van der Waals surface area contributed by atoms with E-state index in [1.165, 1.54) is 0 Å². The minimum atomic E-state index is 0.495. The number of aryl methyl sites for hydroxylation is 1. The molecule has 2 aromatic heterocycles. The third kappa shape index (κ3) is 4.39. The van der Waals surface area contributed by atoms with Gasteiger partial charge in [0.1, 0.15) is 28.0 Å². The van der Waals surface area contributed by atoms with Crippen molar-refractivity contribution in [3.8, 4) is 22.6 Å². The van der Waals surface area contributed by atoms with Gasteiger partial charge in [-0.15, -0.1) is 11.3 Å². The molecule has 0 saturated heterocycles. The average molecular weight is 420 g/mol. The van der Waals surface area contributed by atoms with Crippen LogP contribution in [0, 0.1) is 12.8 Å². The molecule has 0 bridgehead atoms. The molecule has 6 heteroatoms. The molecule has 30 heavy (non-hydrogen) atoms. The van der Waals surface area contributed by atoms with Crippen LogP contribution in [0.3, 0.4) is 0 Å². The lowest BCUT2D eigenvalue weighted by atomic mass is 10.1. The standard InChI is InChI=1S/C24H25N3O2S/c1-15(2)13-29-20-11-7-18(8-12-20)27-23-22-21(14-30-24(22)26-16(3)25-23)17-5-9-19(28-4)10-6-17/h5-12,14-15H,13H2,1-4H3,(H,25,26,27). The summed E-state index contributed by atoms with van der Waals surface area (Å²) in [6.07, 6.45) is 0. The summed E-state index contributed by atoms with van der Waals surface area (Å²) in [5.41, 5.74) is 3.17. The summed E-state index contributed by atoms with van der Waals surface area (Å²) in [5.74, 6) is 3.75. The molecule has 2 heterocycles. The van der Waals surface area contributed by atoms with Crippen LogP contribution >= 0.6 is 11.3 Å². The van der Waals surface area contributed by atoms with Crippen LogP contribution in [-0.4, -0.2) is 23.7 Å². The number of hydrogen-bond donors (Lipinski definition) is 1. The number of aromatic nitrogens is 2. The van der Waals surface area contributed by atoms with Gasteiger partial charge in [0.15, 0.2) is 0 Å². The molecule has 4 aromatic rings. The molecule has 4 rings (SSSR count). The van der Waals surface area contributed by atoms with Crippen LogP contribution in [0.4, 0.5) is 11.5 Å². The minimum absolute atomic E-state index is 0.495. The third-order valence-corrected chi connectivity index (χ3v) is 5.52. The molecule has 0 radical (unpaired) electrons. The van der Waals surface area contributed by atoms with Crippen molar-refractivity contribution in [1.29, 1.82) is 0 Å². The van der Waals surface area contributed by atoms with Crippen molar-refractivity contribution >= 4 is 33.1 Å². The van der Waals surface area contributed by atoms with E-state index in [1.807, 2.05) is 43.3 Å². The molecular formula is C24H25N3O2S. The van der Waals surface area contributed by atoms with Crippen LogP contribution in [-0.2, 0) is 0 Å². The predicted molar refractivity (Wildman–Crippen MR) is 124 cm³/mol. The predicted octanol–water partition coefficient (Wildman–Crippen LogP) is 6.45. The summed E-state index contributed by atoms with van der Waals surface area (Å²) >= 11 is 1.63. The zero-order valence-electron chi connectivity index (χ0n) is 17.6. The molecule has 2 aromatic carbocycles. The Labute approximate surface area is 180 Å². The quantitative estimate of drug-likeness (QED) is 0.373. The number of anilines is 2. The van der Waals surface area contributed by atoms with E-state index in [0.717, 1.165) is 50.2 Å². The van der Waals surface area contributed by atoms with Crippen molar-refractivity contribution in [3.63, 3.8) is 0 Å². The first-order valence-electron chi connectivity index (χ1n) is 9.93. The zero-order chi connectivity index (χ0) is 21.1. The number of thiophene rings is 1. The van der Waals surface area contributed by atoms with Gasteiger partial charge in [0.25, 0.3) is 0 Å². The largest absolute Gasteiger partial charge is 0.497 e. The monoisotopic (exact) mass is 419 g/mol. The van der Waals surface area contributed by atoms with Crippen LogP contribution in [0.5, 0.6) is 11.5 Å². The topological polar surface area (TPSA) is 56.3 Å². The molecule has 0 fully saturated rings. The summed E-state index contributed by atoms with van der Waals surface area (Å²) in [6, 6.07) is 16.0. The van der Waals surface area contributed by atoms with Crippen molar-refractivity contribution in [2.24, 2.45) is 5.92 Å². The van der Waals surface area contributed by atoms with E-state index >= 15 is 0 Å². The third-order valence-electron chi connectivity index (χ3n) is 4.65. The van der Waals surface area contributed by atoms with Gasteiger partial charge in [-0.25, -0.2) is 9.97 Å². The molecule has 1 N–H and O–H groups in total. The Morgan fingerprint density at radius 2 is 1.67 bits per heavy atom. The summed E-state index contributed by atoms with van der Waals surface area (Å²) in [6.45, 7) is 6.90. The van der Waals surface area contributed by atoms with Gasteiger partial charge in [-0.05, 0) is 54.8 Å². The molecule has 154 valence electrons. The highest BCUT2D eigenvalue weighted by Crippen LogP contribution is 2.38. The van der Waals surface area contributed by atoms with Crippen molar-refractivity contribution < 1.29 is 9.47 Å². The van der Waals surface area contributed by atoms with Crippen LogP contribution in [0.15, 0.2) is 53.9 Å². The number of rotatable bonds is 7. The summed E-state index contributed by atoms with van der Waals surface area (Å²) < 4.78 is 11.1. The number of nitrogens with zero attached hydrogens (tertiary/aromatic N) is 2. The number of benzene rings is 2. The SMILES string of the molecule is COc1ccc(-c2csc3nc(C)nc(Nc4ccc(OCC(C)C)cc4)c23)cc1. The number of ether oxygens (including phenoxy) is 2. The lowest BCUT2D eigenvalue weighted by molar-refractivity contribution is 0.271. The van der Waals surface area contributed by atoms with Crippen LogP contribution in [0.25, 0.3) is 21.3 Å². The van der Waals surface area contributed by atoms with Crippen LogP contribution < -0.4 is 14.8 Å². The van der Waals surface area contributed by atoms with E-state index in [0.29, 0.717) is 12.5 Å². The minimum Gasteiger partial charge on any atom is -0.497 e. The van der Waals surface area contributed by atoms with Crippen LogP contribution in [0.2, 0.25) is 0 Å². The van der Waals surface area contributed by atoms with E-state index in [-0.39, 0.29) is 0 Å². The molecule has 0 aliphatic carbocycles. The Morgan fingerprint density at radius 3 is 2.33 bits per heavy atom. The molecule has 5 nitrogen and oxygen atoms in total. The normalized spacial score (nSPS) is 11.1. The molecule has 0 aliphatic heterocycles. The Bertz CT molecular complexity index is 1140. The maximum absolute atomic E-state index is 5.78. The van der Waals surface area contributed by atoms with E-state index < -0.39 is 0 Å². The zero-order valence-corrected chi connectivity index (χ0v) is 18.4. The maximum atomic E-state index is 5.78. The Hall–Kier alpha value is -3.12. The Balaban J connectivity index is 1.67. The second-order valence-corrected chi connectivity index (χ2v) is 8.39. The molecule has 0 atom stereocenters. The highest BCUT2D eigenvalue weighted by molar-refractivity contribution is 7.17. The average Bonchev–Trinajstić information content (AvgIpc) is 3.17.